The van der Waals surface area contributed by atoms with Crippen molar-refractivity contribution in [1.82, 2.24) is 5.32 Å². The summed E-state index contributed by atoms with van der Waals surface area (Å²) in [6.45, 7) is 0.701. The number of rotatable bonds is 7. The van der Waals surface area contributed by atoms with Crippen LogP contribution >= 0.6 is 11.8 Å². The quantitative estimate of drug-likeness (QED) is 0.754. The number of nitrogens with one attached hydrogen (secondary N) is 1. The average molecular weight is 323 g/mol. The van der Waals surface area contributed by atoms with E-state index in [0.29, 0.717) is 13.0 Å². The molecule has 0 spiro atoms. The Kier molecular flexibility index (Phi) is 6.27. The van der Waals surface area contributed by atoms with Crippen LogP contribution in [-0.4, -0.2) is 35.9 Å². The second kappa shape index (κ2) is 8.19. The molecule has 6 heteroatoms. The maximum absolute atomic E-state index is 12.1. The second-order valence-corrected chi connectivity index (χ2v) is 6.21. The Balaban J connectivity index is 2.00. The van der Waals surface area contributed by atoms with Crippen molar-refractivity contribution in [2.45, 2.75) is 42.7 Å². The first-order chi connectivity index (χ1) is 10.6. The van der Waals surface area contributed by atoms with Gasteiger partial charge in [-0.1, -0.05) is 12.1 Å². The van der Waals surface area contributed by atoms with Crippen molar-refractivity contribution < 1.29 is 19.4 Å². The first-order valence-corrected chi connectivity index (χ1v) is 8.57. The molecular formula is C16H21NO4S. The summed E-state index contributed by atoms with van der Waals surface area (Å²) in [5.41, 5.74) is 0.806. The van der Waals surface area contributed by atoms with E-state index in [1.165, 1.54) is 0 Å². The molecule has 0 radical (unpaired) electrons. The monoisotopic (exact) mass is 323 g/mol. The van der Waals surface area contributed by atoms with E-state index in [2.05, 4.69) is 5.32 Å². The molecule has 1 aromatic carbocycles. The maximum Gasteiger partial charge on any atom is 0.305 e. The van der Waals surface area contributed by atoms with Crippen molar-refractivity contribution in [1.29, 1.82) is 0 Å². The number of carbonyl (C=O) groups is 2. The van der Waals surface area contributed by atoms with E-state index in [1.54, 1.807) is 11.8 Å². The summed E-state index contributed by atoms with van der Waals surface area (Å²) in [6, 6.07) is 7.09. The molecule has 5 nitrogen and oxygen atoms in total. The minimum Gasteiger partial charge on any atom is -0.481 e. The summed E-state index contributed by atoms with van der Waals surface area (Å²) >= 11 is 1.62. The van der Waals surface area contributed by atoms with Gasteiger partial charge in [0.25, 0.3) is 0 Å². The number of hydrogen-bond acceptors (Lipinski definition) is 4. The summed E-state index contributed by atoms with van der Waals surface area (Å²) in [6.07, 6.45) is 3.97. The second-order valence-electron chi connectivity index (χ2n) is 5.33. The number of thioether (sulfide) groups is 1. The lowest BCUT2D eigenvalue weighted by Crippen LogP contribution is -2.32. The third-order valence-corrected chi connectivity index (χ3v) is 4.41. The van der Waals surface area contributed by atoms with E-state index in [0.717, 1.165) is 23.3 Å². The smallest absolute Gasteiger partial charge is 0.305 e. The van der Waals surface area contributed by atoms with E-state index in [1.807, 2.05) is 30.5 Å². The lowest BCUT2D eigenvalue weighted by Gasteiger charge is -2.19. The number of carboxylic acid groups (broad SMARTS) is 1. The van der Waals surface area contributed by atoms with Gasteiger partial charge < -0.3 is 15.2 Å². The Morgan fingerprint density at radius 2 is 2.14 bits per heavy atom. The van der Waals surface area contributed by atoms with E-state index >= 15 is 0 Å². The number of amides is 1. The molecule has 1 aliphatic rings. The Morgan fingerprint density at radius 3 is 2.68 bits per heavy atom. The van der Waals surface area contributed by atoms with Crippen molar-refractivity contribution >= 4 is 23.6 Å². The predicted molar refractivity (Wildman–Crippen MR) is 85.0 cm³/mol. The molecule has 0 aliphatic carbocycles. The summed E-state index contributed by atoms with van der Waals surface area (Å²) < 4.78 is 5.44. The molecule has 120 valence electrons. The van der Waals surface area contributed by atoms with Gasteiger partial charge in [0.15, 0.2) is 0 Å². The molecule has 1 aliphatic heterocycles. The highest BCUT2D eigenvalue weighted by molar-refractivity contribution is 7.98. The highest BCUT2D eigenvalue weighted by atomic mass is 32.2. The zero-order valence-corrected chi connectivity index (χ0v) is 13.4. The van der Waals surface area contributed by atoms with Crippen LogP contribution in [0.1, 0.15) is 37.3 Å². The van der Waals surface area contributed by atoms with Crippen LogP contribution in [0.5, 0.6) is 0 Å². The van der Waals surface area contributed by atoms with E-state index in [4.69, 9.17) is 9.84 Å². The highest BCUT2D eigenvalue weighted by Crippen LogP contribution is 2.22. The van der Waals surface area contributed by atoms with Crippen LogP contribution in [0, 0.1) is 0 Å². The third kappa shape index (κ3) is 5.03. The van der Waals surface area contributed by atoms with E-state index in [-0.39, 0.29) is 18.4 Å². The number of hydrogen-bond donors (Lipinski definition) is 2. The van der Waals surface area contributed by atoms with Crippen LogP contribution in [0.2, 0.25) is 0 Å². The van der Waals surface area contributed by atoms with Gasteiger partial charge in [-0.25, -0.2) is 0 Å². The number of carbonyl (C=O) groups excluding carboxylic acids is 1. The maximum atomic E-state index is 12.1. The molecule has 22 heavy (non-hydrogen) atoms. The largest absolute Gasteiger partial charge is 0.481 e. The summed E-state index contributed by atoms with van der Waals surface area (Å²) in [7, 11) is 0. The normalized spacial score (nSPS) is 18.9. The van der Waals surface area contributed by atoms with Crippen molar-refractivity contribution in [3.8, 4) is 0 Å². The van der Waals surface area contributed by atoms with Gasteiger partial charge in [-0.15, -0.1) is 11.8 Å². The zero-order chi connectivity index (χ0) is 15.9. The standard InChI is InChI=1S/C16H21NO4S/c1-22-13-6-4-11(5-7-13)14(10-16(19)20)17-15(18)9-12-3-2-8-21-12/h4-7,12,14H,2-3,8-10H2,1H3,(H,17,18)(H,19,20). The molecule has 1 fully saturated rings. The summed E-state index contributed by atoms with van der Waals surface area (Å²) in [4.78, 5) is 24.3. The summed E-state index contributed by atoms with van der Waals surface area (Å²) in [5.74, 6) is -1.09. The fraction of sp³-hybridized carbons (Fsp3) is 0.500. The molecule has 2 atom stereocenters. The highest BCUT2D eigenvalue weighted by Gasteiger charge is 2.22. The summed E-state index contributed by atoms with van der Waals surface area (Å²) in [5, 5.41) is 11.9. The van der Waals surface area contributed by atoms with Crippen LogP contribution in [0.15, 0.2) is 29.2 Å². The van der Waals surface area contributed by atoms with E-state index < -0.39 is 12.0 Å². The topological polar surface area (TPSA) is 75.6 Å². The molecular weight excluding hydrogens is 302 g/mol. The molecule has 2 N–H and O–H groups in total. The van der Waals surface area contributed by atoms with E-state index in [9.17, 15) is 9.59 Å². The van der Waals surface area contributed by atoms with Gasteiger partial charge in [-0.3, -0.25) is 9.59 Å². The van der Waals surface area contributed by atoms with Gasteiger partial charge in [0, 0.05) is 11.5 Å². The molecule has 0 saturated carbocycles. The molecule has 0 aromatic heterocycles. The number of ether oxygens (including phenoxy) is 1. The number of aliphatic carboxylic acids is 1. The zero-order valence-electron chi connectivity index (χ0n) is 12.6. The Labute approximate surface area is 134 Å². The van der Waals surface area contributed by atoms with Crippen LogP contribution in [0.25, 0.3) is 0 Å². The fourth-order valence-corrected chi connectivity index (χ4v) is 2.94. The lowest BCUT2D eigenvalue weighted by atomic mass is 10.0. The first-order valence-electron chi connectivity index (χ1n) is 7.35. The lowest BCUT2D eigenvalue weighted by molar-refractivity contribution is -0.137. The van der Waals surface area contributed by atoms with Crippen LogP contribution in [0.4, 0.5) is 0 Å². The minimum absolute atomic E-state index is 0.0376. The van der Waals surface area contributed by atoms with Gasteiger partial charge in [0.05, 0.1) is 25.0 Å². The molecule has 1 saturated heterocycles. The first kappa shape index (κ1) is 16.8. The van der Waals surface area contributed by atoms with Crippen molar-refractivity contribution in [2.75, 3.05) is 12.9 Å². The molecule has 1 amide bonds. The van der Waals surface area contributed by atoms with Crippen molar-refractivity contribution in [3.05, 3.63) is 29.8 Å². The van der Waals surface area contributed by atoms with Gasteiger partial charge >= 0.3 is 5.97 Å². The number of benzene rings is 1. The van der Waals surface area contributed by atoms with Crippen LogP contribution < -0.4 is 5.32 Å². The molecule has 1 aromatic rings. The van der Waals surface area contributed by atoms with Crippen molar-refractivity contribution in [2.24, 2.45) is 0 Å². The minimum atomic E-state index is -0.934. The fourth-order valence-electron chi connectivity index (χ4n) is 2.53. The van der Waals surface area contributed by atoms with Crippen LogP contribution in [0.3, 0.4) is 0 Å². The Bertz CT molecular complexity index is 511. The SMILES string of the molecule is CSc1ccc(C(CC(=O)O)NC(=O)CC2CCCO2)cc1. The average Bonchev–Trinajstić information content (AvgIpc) is 2.99. The van der Waals surface area contributed by atoms with Crippen molar-refractivity contribution in [3.63, 3.8) is 0 Å². The molecule has 2 unspecified atom stereocenters. The van der Waals surface area contributed by atoms with Gasteiger partial charge in [-0.2, -0.15) is 0 Å². The molecule has 2 rings (SSSR count). The Morgan fingerprint density at radius 1 is 1.41 bits per heavy atom. The molecule has 1 heterocycles. The third-order valence-electron chi connectivity index (χ3n) is 3.67. The number of carboxylic acids is 1. The molecule has 0 bridgehead atoms. The van der Waals surface area contributed by atoms with Crippen LogP contribution in [-0.2, 0) is 14.3 Å². The Hall–Kier alpha value is -1.53. The van der Waals surface area contributed by atoms with Gasteiger partial charge in [0.1, 0.15) is 0 Å². The predicted octanol–water partition coefficient (Wildman–Crippen LogP) is 2.61. The van der Waals surface area contributed by atoms with Gasteiger partial charge in [-0.05, 0) is 36.8 Å². The van der Waals surface area contributed by atoms with Gasteiger partial charge in [0.2, 0.25) is 5.91 Å².